The van der Waals surface area contributed by atoms with E-state index in [1.165, 1.54) is 77.0 Å². The summed E-state index contributed by atoms with van der Waals surface area (Å²) in [6.45, 7) is 4.60. The number of rotatable bonds is 3. The van der Waals surface area contributed by atoms with Gasteiger partial charge in [0.1, 0.15) is 0 Å². The summed E-state index contributed by atoms with van der Waals surface area (Å²) in [4.78, 5) is 0. The van der Waals surface area contributed by atoms with Gasteiger partial charge >= 0.3 is 0 Å². The Bertz CT molecular complexity index is 2060. The smallest absolute Gasteiger partial charge is 0.0722 e. The summed E-state index contributed by atoms with van der Waals surface area (Å²) in [5.74, 6) is 0. The van der Waals surface area contributed by atoms with Crippen LogP contribution in [-0.2, 0) is 12.8 Å². The van der Waals surface area contributed by atoms with Crippen molar-refractivity contribution in [1.82, 2.24) is 9.35 Å². The second kappa shape index (κ2) is 8.47. The molecule has 0 amide bonds. The normalized spacial score (nSPS) is 13.2. The van der Waals surface area contributed by atoms with Crippen LogP contribution in [0, 0.1) is 6.92 Å². The topological polar surface area (TPSA) is 9.86 Å². The van der Waals surface area contributed by atoms with Crippen LogP contribution >= 0.6 is 0 Å². The number of allylic oxidation sites excluding steroid dienone is 1. The number of aromatic nitrogens is 2. The summed E-state index contributed by atoms with van der Waals surface area (Å²) in [5, 5.41) is 5.17. The third-order valence-electron chi connectivity index (χ3n) is 8.79. The molecule has 2 nitrogen and oxygen atoms in total. The third kappa shape index (κ3) is 3.15. The molecule has 0 fully saturated rings. The van der Waals surface area contributed by atoms with E-state index >= 15 is 0 Å². The summed E-state index contributed by atoms with van der Waals surface area (Å²) in [6.07, 6.45) is 7.83. The van der Waals surface area contributed by atoms with E-state index in [0.717, 1.165) is 19.3 Å². The molecule has 2 heterocycles. The second-order valence-corrected chi connectivity index (χ2v) is 10.8. The van der Waals surface area contributed by atoms with Gasteiger partial charge in [0.05, 0.1) is 22.1 Å². The lowest BCUT2D eigenvalue weighted by Crippen LogP contribution is -2.08. The SMILES string of the molecule is CCc1cc2c3ccccc3n(-n3c4ccccc4c4ccccc43)c2cc1-c1ccc2c(c1C)CCC=C2. The van der Waals surface area contributed by atoms with Crippen molar-refractivity contribution < 1.29 is 0 Å². The Balaban J connectivity index is 1.52. The fourth-order valence-corrected chi connectivity index (χ4v) is 6.91. The predicted molar refractivity (Wildman–Crippen MR) is 167 cm³/mol. The highest BCUT2D eigenvalue weighted by Crippen LogP contribution is 2.40. The van der Waals surface area contributed by atoms with Crippen LogP contribution in [0.25, 0.3) is 60.8 Å². The predicted octanol–water partition coefficient (Wildman–Crippen LogP) is 9.71. The molecule has 5 aromatic carbocycles. The minimum absolute atomic E-state index is 0.997. The first-order valence-corrected chi connectivity index (χ1v) is 14.1. The van der Waals surface area contributed by atoms with Crippen LogP contribution in [-0.4, -0.2) is 9.35 Å². The van der Waals surface area contributed by atoms with Crippen molar-refractivity contribution in [2.24, 2.45) is 0 Å². The molecule has 0 saturated carbocycles. The van der Waals surface area contributed by atoms with Gasteiger partial charge in [0.15, 0.2) is 0 Å². The molecule has 39 heavy (non-hydrogen) atoms. The lowest BCUT2D eigenvalue weighted by Gasteiger charge is -2.19. The van der Waals surface area contributed by atoms with Crippen LogP contribution in [0.15, 0.2) is 103 Å². The van der Waals surface area contributed by atoms with Gasteiger partial charge in [-0.05, 0) is 89.9 Å². The van der Waals surface area contributed by atoms with Crippen molar-refractivity contribution in [2.75, 3.05) is 0 Å². The Morgan fingerprint density at radius 2 is 1.21 bits per heavy atom. The minimum atomic E-state index is 0.997. The Kier molecular flexibility index (Phi) is 4.87. The quantitative estimate of drug-likeness (QED) is 0.228. The molecule has 0 bridgehead atoms. The Labute approximate surface area is 228 Å². The fraction of sp³-hybridized carbons (Fsp3) is 0.135. The summed E-state index contributed by atoms with van der Waals surface area (Å²) >= 11 is 0. The van der Waals surface area contributed by atoms with Gasteiger partial charge in [0.2, 0.25) is 0 Å². The Morgan fingerprint density at radius 1 is 0.615 bits per heavy atom. The van der Waals surface area contributed by atoms with Crippen molar-refractivity contribution in [3.05, 3.63) is 125 Å². The lowest BCUT2D eigenvalue weighted by atomic mass is 9.86. The Hall–Kier alpha value is -4.56. The number of hydrogen-bond acceptors (Lipinski definition) is 0. The zero-order valence-electron chi connectivity index (χ0n) is 22.4. The molecular formula is C37H30N2. The fourth-order valence-electron chi connectivity index (χ4n) is 6.91. The number of para-hydroxylation sites is 3. The maximum atomic E-state index is 2.46. The van der Waals surface area contributed by atoms with Crippen LogP contribution in [0.2, 0.25) is 0 Å². The largest absolute Gasteiger partial charge is 0.248 e. The van der Waals surface area contributed by atoms with E-state index in [4.69, 9.17) is 0 Å². The zero-order chi connectivity index (χ0) is 26.1. The standard InChI is InChI=1S/C37H30N2/c1-3-25-22-33-31-16-8-11-19-36(31)39(38-34-17-9-6-14-29(34)30-15-7-10-18-35(30)38)37(33)23-32(25)28-21-20-26-12-4-5-13-27(26)24(28)2/h4,6-12,14-23H,3,5,13H2,1-2H3. The number of nitrogens with zero attached hydrogens (tertiary/aromatic N) is 2. The van der Waals surface area contributed by atoms with E-state index in [9.17, 15) is 0 Å². The molecule has 188 valence electrons. The molecule has 2 heteroatoms. The minimum Gasteiger partial charge on any atom is -0.248 e. The van der Waals surface area contributed by atoms with E-state index in [1.807, 2.05) is 0 Å². The van der Waals surface area contributed by atoms with Crippen LogP contribution in [0.1, 0.15) is 35.6 Å². The highest BCUT2D eigenvalue weighted by molar-refractivity contribution is 6.12. The van der Waals surface area contributed by atoms with Gasteiger partial charge in [0, 0.05) is 21.5 Å². The van der Waals surface area contributed by atoms with E-state index in [0.29, 0.717) is 0 Å². The average molecular weight is 503 g/mol. The first kappa shape index (κ1) is 22.4. The molecule has 1 aliphatic rings. The van der Waals surface area contributed by atoms with Crippen molar-refractivity contribution in [2.45, 2.75) is 33.1 Å². The van der Waals surface area contributed by atoms with Gasteiger partial charge in [-0.2, -0.15) is 0 Å². The van der Waals surface area contributed by atoms with Gasteiger partial charge in [-0.1, -0.05) is 85.8 Å². The zero-order valence-corrected chi connectivity index (χ0v) is 22.4. The lowest BCUT2D eigenvalue weighted by molar-refractivity contribution is 0.775. The number of hydrogen-bond donors (Lipinski definition) is 0. The molecule has 0 N–H and O–H groups in total. The van der Waals surface area contributed by atoms with Crippen molar-refractivity contribution >= 4 is 49.7 Å². The van der Waals surface area contributed by atoms with Crippen LogP contribution in [0.3, 0.4) is 0 Å². The summed E-state index contributed by atoms with van der Waals surface area (Å²) in [5.41, 5.74) is 13.3. The molecule has 1 aliphatic carbocycles. The van der Waals surface area contributed by atoms with Crippen molar-refractivity contribution in [3.8, 4) is 11.1 Å². The number of fused-ring (bicyclic) bond motifs is 7. The van der Waals surface area contributed by atoms with Crippen LogP contribution < -0.4 is 0 Å². The van der Waals surface area contributed by atoms with Gasteiger partial charge in [-0.25, -0.2) is 9.35 Å². The molecule has 0 saturated heterocycles. The molecule has 0 atom stereocenters. The van der Waals surface area contributed by atoms with E-state index in [1.54, 1.807) is 0 Å². The maximum Gasteiger partial charge on any atom is 0.0722 e. The highest BCUT2D eigenvalue weighted by Gasteiger charge is 2.20. The van der Waals surface area contributed by atoms with E-state index < -0.39 is 0 Å². The molecule has 0 radical (unpaired) electrons. The van der Waals surface area contributed by atoms with Crippen LogP contribution in [0.5, 0.6) is 0 Å². The van der Waals surface area contributed by atoms with Gasteiger partial charge in [-0.15, -0.1) is 0 Å². The van der Waals surface area contributed by atoms with E-state index in [2.05, 4.69) is 132 Å². The average Bonchev–Trinajstić information content (AvgIpc) is 3.48. The van der Waals surface area contributed by atoms with Gasteiger partial charge < -0.3 is 0 Å². The third-order valence-corrected chi connectivity index (χ3v) is 8.79. The summed E-state index contributed by atoms with van der Waals surface area (Å²) < 4.78 is 4.88. The Morgan fingerprint density at radius 3 is 1.85 bits per heavy atom. The monoisotopic (exact) mass is 502 g/mol. The van der Waals surface area contributed by atoms with Crippen molar-refractivity contribution in [1.29, 1.82) is 0 Å². The van der Waals surface area contributed by atoms with Crippen LogP contribution in [0.4, 0.5) is 0 Å². The van der Waals surface area contributed by atoms with E-state index in [-0.39, 0.29) is 0 Å². The molecule has 0 spiro atoms. The first-order valence-electron chi connectivity index (χ1n) is 14.1. The first-order chi connectivity index (χ1) is 19.2. The molecule has 7 aromatic rings. The number of benzene rings is 5. The molecule has 0 aliphatic heterocycles. The molecule has 8 rings (SSSR count). The molecule has 2 aromatic heterocycles. The summed E-state index contributed by atoms with van der Waals surface area (Å²) in [7, 11) is 0. The number of aryl methyl sites for hydroxylation is 1. The highest BCUT2D eigenvalue weighted by atomic mass is 15.5. The molecular weight excluding hydrogens is 472 g/mol. The van der Waals surface area contributed by atoms with Gasteiger partial charge in [-0.3, -0.25) is 0 Å². The summed E-state index contributed by atoms with van der Waals surface area (Å²) in [6, 6.07) is 36.0. The van der Waals surface area contributed by atoms with Gasteiger partial charge in [0.25, 0.3) is 0 Å². The second-order valence-electron chi connectivity index (χ2n) is 10.8. The maximum absolute atomic E-state index is 2.46. The van der Waals surface area contributed by atoms with Crippen molar-refractivity contribution in [3.63, 3.8) is 0 Å². The molecule has 0 unspecified atom stereocenters.